The van der Waals surface area contributed by atoms with Crippen molar-refractivity contribution >= 4 is 0 Å². The molecule has 0 amide bonds. The van der Waals surface area contributed by atoms with Gasteiger partial charge in [0.25, 0.3) is 0 Å². The molecular formula is C11H25NO3. The van der Waals surface area contributed by atoms with E-state index >= 15 is 0 Å². The van der Waals surface area contributed by atoms with Gasteiger partial charge in [-0.15, -0.1) is 0 Å². The molecule has 0 aliphatic carbocycles. The van der Waals surface area contributed by atoms with Crippen molar-refractivity contribution < 1.29 is 14.2 Å². The summed E-state index contributed by atoms with van der Waals surface area (Å²) in [6, 6.07) is 0. The molecule has 0 aromatic carbocycles. The third-order valence-electron chi connectivity index (χ3n) is 2.12. The van der Waals surface area contributed by atoms with Gasteiger partial charge in [-0.1, -0.05) is 0 Å². The highest BCUT2D eigenvalue weighted by atomic mass is 16.7. The minimum atomic E-state index is -0.160. The molecule has 0 atom stereocenters. The molecule has 0 radical (unpaired) electrons. The standard InChI is InChI=1S/C11H25NO3/c1-6-14-10(15-7-2)8-12-9-11(3,4)13-5/h10,12H,6-9H2,1-5H3. The molecule has 0 fully saturated rings. The van der Waals surface area contributed by atoms with Gasteiger partial charge in [-0.05, 0) is 27.7 Å². The molecule has 0 saturated heterocycles. The van der Waals surface area contributed by atoms with E-state index in [1.807, 2.05) is 27.7 Å². The quantitative estimate of drug-likeness (QED) is 0.595. The summed E-state index contributed by atoms with van der Waals surface area (Å²) < 4.78 is 16.1. The van der Waals surface area contributed by atoms with Crippen molar-refractivity contribution in [2.45, 2.75) is 39.6 Å². The Labute approximate surface area is 93.3 Å². The Morgan fingerprint density at radius 2 is 1.67 bits per heavy atom. The minimum Gasteiger partial charge on any atom is -0.377 e. The van der Waals surface area contributed by atoms with Crippen molar-refractivity contribution in [1.29, 1.82) is 0 Å². The summed E-state index contributed by atoms with van der Waals surface area (Å²) >= 11 is 0. The van der Waals surface area contributed by atoms with Crippen LogP contribution in [0.5, 0.6) is 0 Å². The summed E-state index contributed by atoms with van der Waals surface area (Å²) in [6.07, 6.45) is -0.160. The molecule has 0 unspecified atom stereocenters. The molecular weight excluding hydrogens is 194 g/mol. The fourth-order valence-corrected chi connectivity index (χ4v) is 1.10. The van der Waals surface area contributed by atoms with E-state index in [0.717, 1.165) is 6.54 Å². The molecule has 0 aromatic rings. The van der Waals surface area contributed by atoms with Crippen LogP contribution < -0.4 is 5.32 Å². The average Bonchev–Trinajstić information content (AvgIpc) is 2.18. The summed E-state index contributed by atoms with van der Waals surface area (Å²) in [6.45, 7) is 10.8. The number of rotatable bonds is 9. The molecule has 0 rings (SSSR count). The van der Waals surface area contributed by atoms with E-state index in [1.54, 1.807) is 7.11 Å². The predicted molar refractivity (Wildman–Crippen MR) is 61.0 cm³/mol. The summed E-state index contributed by atoms with van der Waals surface area (Å²) in [7, 11) is 1.71. The summed E-state index contributed by atoms with van der Waals surface area (Å²) in [5.74, 6) is 0. The fraction of sp³-hybridized carbons (Fsp3) is 1.00. The zero-order chi connectivity index (χ0) is 11.7. The molecule has 0 spiro atoms. The van der Waals surface area contributed by atoms with Crippen LogP contribution in [0.25, 0.3) is 0 Å². The average molecular weight is 219 g/mol. The smallest absolute Gasteiger partial charge is 0.169 e. The number of nitrogens with one attached hydrogen (secondary N) is 1. The first-order valence-corrected chi connectivity index (χ1v) is 5.54. The topological polar surface area (TPSA) is 39.7 Å². The Bertz CT molecular complexity index is 145. The van der Waals surface area contributed by atoms with Gasteiger partial charge in [-0.2, -0.15) is 0 Å². The van der Waals surface area contributed by atoms with Crippen LogP contribution in [0.2, 0.25) is 0 Å². The molecule has 4 nitrogen and oxygen atoms in total. The Kier molecular flexibility index (Phi) is 7.96. The Morgan fingerprint density at radius 3 is 2.07 bits per heavy atom. The Balaban J connectivity index is 3.69. The van der Waals surface area contributed by atoms with E-state index in [0.29, 0.717) is 19.8 Å². The zero-order valence-electron chi connectivity index (χ0n) is 10.6. The van der Waals surface area contributed by atoms with Gasteiger partial charge in [0, 0.05) is 33.4 Å². The fourth-order valence-electron chi connectivity index (χ4n) is 1.10. The SMILES string of the molecule is CCOC(CNCC(C)(C)OC)OCC. The van der Waals surface area contributed by atoms with Gasteiger partial charge in [-0.3, -0.25) is 0 Å². The van der Waals surface area contributed by atoms with Crippen molar-refractivity contribution in [3.05, 3.63) is 0 Å². The van der Waals surface area contributed by atoms with Crippen molar-refractivity contribution in [3.8, 4) is 0 Å². The van der Waals surface area contributed by atoms with E-state index in [4.69, 9.17) is 14.2 Å². The first-order valence-electron chi connectivity index (χ1n) is 5.54. The number of hydrogen-bond donors (Lipinski definition) is 1. The molecule has 0 aliphatic rings. The molecule has 1 N–H and O–H groups in total. The van der Waals surface area contributed by atoms with Crippen LogP contribution >= 0.6 is 0 Å². The van der Waals surface area contributed by atoms with E-state index in [9.17, 15) is 0 Å². The highest BCUT2D eigenvalue weighted by Crippen LogP contribution is 2.04. The van der Waals surface area contributed by atoms with Crippen molar-refractivity contribution in [2.24, 2.45) is 0 Å². The normalized spacial score (nSPS) is 12.4. The lowest BCUT2D eigenvalue weighted by Gasteiger charge is -2.25. The minimum absolute atomic E-state index is 0.150. The van der Waals surface area contributed by atoms with Crippen LogP contribution in [0.1, 0.15) is 27.7 Å². The second kappa shape index (κ2) is 8.05. The summed E-state index contributed by atoms with van der Waals surface area (Å²) in [5, 5.41) is 3.27. The largest absolute Gasteiger partial charge is 0.377 e. The maximum Gasteiger partial charge on any atom is 0.169 e. The van der Waals surface area contributed by atoms with Crippen LogP contribution in [-0.4, -0.2) is 45.3 Å². The molecule has 15 heavy (non-hydrogen) atoms. The number of methoxy groups -OCH3 is 1. The van der Waals surface area contributed by atoms with Gasteiger partial charge in [0.1, 0.15) is 0 Å². The van der Waals surface area contributed by atoms with E-state index in [-0.39, 0.29) is 11.9 Å². The highest BCUT2D eigenvalue weighted by Gasteiger charge is 2.16. The molecule has 0 aromatic heterocycles. The zero-order valence-corrected chi connectivity index (χ0v) is 10.6. The van der Waals surface area contributed by atoms with Gasteiger partial charge in [0.2, 0.25) is 0 Å². The highest BCUT2D eigenvalue weighted by molar-refractivity contribution is 4.71. The lowest BCUT2D eigenvalue weighted by Crippen LogP contribution is -2.41. The lowest BCUT2D eigenvalue weighted by molar-refractivity contribution is -0.134. The van der Waals surface area contributed by atoms with E-state index in [2.05, 4.69) is 5.32 Å². The second-order valence-corrected chi connectivity index (χ2v) is 3.93. The van der Waals surface area contributed by atoms with E-state index < -0.39 is 0 Å². The van der Waals surface area contributed by atoms with Crippen LogP contribution in [0.4, 0.5) is 0 Å². The number of hydrogen-bond acceptors (Lipinski definition) is 4. The molecule has 0 heterocycles. The Morgan fingerprint density at radius 1 is 1.13 bits per heavy atom. The van der Waals surface area contributed by atoms with Crippen molar-refractivity contribution in [3.63, 3.8) is 0 Å². The van der Waals surface area contributed by atoms with Crippen molar-refractivity contribution in [2.75, 3.05) is 33.4 Å². The third-order valence-corrected chi connectivity index (χ3v) is 2.12. The maximum atomic E-state index is 5.41. The van der Waals surface area contributed by atoms with Crippen LogP contribution in [0.3, 0.4) is 0 Å². The Hall–Kier alpha value is -0.160. The molecule has 0 saturated carbocycles. The monoisotopic (exact) mass is 219 g/mol. The third kappa shape index (κ3) is 7.73. The van der Waals surface area contributed by atoms with Crippen LogP contribution in [-0.2, 0) is 14.2 Å². The maximum absolute atomic E-state index is 5.41. The molecule has 4 heteroatoms. The summed E-state index contributed by atoms with van der Waals surface area (Å²) in [5.41, 5.74) is -0.150. The van der Waals surface area contributed by atoms with Gasteiger partial charge in [0.15, 0.2) is 6.29 Å². The van der Waals surface area contributed by atoms with Gasteiger partial charge >= 0.3 is 0 Å². The van der Waals surface area contributed by atoms with Crippen molar-refractivity contribution in [1.82, 2.24) is 5.32 Å². The lowest BCUT2D eigenvalue weighted by atomic mass is 10.1. The van der Waals surface area contributed by atoms with E-state index in [1.165, 1.54) is 0 Å². The second-order valence-electron chi connectivity index (χ2n) is 3.93. The van der Waals surface area contributed by atoms with Gasteiger partial charge < -0.3 is 19.5 Å². The van der Waals surface area contributed by atoms with Gasteiger partial charge in [-0.25, -0.2) is 0 Å². The molecule has 0 bridgehead atoms. The van der Waals surface area contributed by atoms with Gasteiger partial charge in [0.05, 0.1) is 5.60 Å². The molecule has 92 valence electrons. The first-order chi connectivity index (χ1) is 7.05. The summed E-state index contributed by atoms with van der Waals surface area (Å²) in [4.78, 5) is 0. The van der Waals surface area contributed by atoms with Crippen LogP contribution in [0, 0.1) is 0 Å². The van der Waals surface area contributed by atoms with Crippen LogP contribution in [0.15, 0.2) is 0 Å². The predicted octanol–water partition coefficient (Wildman–Crippen LogP) is 1.40. The molecule has 0 aliphatic heterocycles. The number of ether oxygens (including phenoxy) is 3. The first kappa shape index (κ1) is 14.8.